The molecule has 0 aliphatic heterocycles. The summed E-state index contributed by atoms with van der Waals surface area (Å²) in [6.45, 7) is 5.98. The van der Waals surface area contributed by atoms with Crippen LogP contribution in [0.25, 0.3) is 0 Å². The predicted molar refractivity (Wildman–Crippen MR) is 60.8 cm³/mol. The number of nitrogens with one attached hydrogen (secondary N) is 1. The van der Waals surface area contributed by atoms with Crippen molar-refractivity contribution in [3.8, 4) is 0 Å². The van der Waals surface area contributed by atoms with Crippen molar-refractivity contribution in [3.63, 3.8) is 0 Å². The Balaban J connectivity index is 2.75. The van der Waals surface area contributed by atoms with E-state index in [0.717, 1.165) is 5.56 Å². The van der Waals surface area contributed by atoms with E-state index in [1.807, 2.05) is 20.8 Å². The minimum absolute atomic E-state index is 0.251. The number of esters is 1. The molecule has 0 aliphatic carbocycles. The van der Waals surface area contributed by atoms with Gasteiger partial charge in [-0.1, -0.05) is 0 Å². The molecule has 0 saturated heterocycles. The van der Waals surface area contributed by atoms with Gasteiger partial charge in [0, 0.05) is 11.8 Å². The van der Waals surface area contributed by atoms with Crippen LogP contribution in [0.3, 0.4) is 0 Å². The van der Waals surface area contributed by atoms with Crippen molar-refractivity contribution in [2.24, 2.45) is 5.73 Å². The molecule has 3 N–H and O–H groups in total. The lowest BCUT2D eigenvalue weighted by molar-refractivity contribution is -0.156. The number of ether oxygens (including phenoxy) is 1. The molecule has 1 atom stereocenters. The maximum atomic E-state index is 11.9. The lowest BCUT2D eigenvalue weighted by atomic mass is 9.99. The molecule has 1 heterocycles. The molecular weight excluding hydrogens is 206 g/mol. The first-order valence-electron chi connectivity index (χ1n) is 5.35. The average Bonchev–Trinajstić information content (AvgIpc) is 2.63. The predicted octanol–water partition coefficient (Wildman–Crippen LogP) is 1.18. The maximum absolute atomic E-state index is 11.9. The molecule has 0 radical (unpaired) electrons. The van der Waals surface area contributed by atoms with Gasteiger partial charge in [-0.05, 0) is 33.7 Å². The number of nitrogens with zero attached hydrogens (tertiary/aromatic N) is 1. The summed E-state index contributed by atoms with van der Waals surface area (Å²) in [5, 5.41) is 6.52. The molecule has 0 fully saturated rings. The van der Waals surface area contributed by atoms with Crippen molar-refractivity contribution in [3.05, 3.63) is 18.0 Å². The van der Waals surface area contributed by atoms with Crippen LogP contribution in [0.5, 0.6) is 0 Å². The second-order valence-corrected chi connectivity index (χ2v) is 4.70. The van der Waals surface area contributed by atoms with E-state index in [-0.39, 0.29) is 11.9 Å². The summed E-state index contributed by atoms with van der Waals surface area (Å²) in [7, 11) is 0. The number of hydrogen-bond acceptors (Lipinski definition) is 4. The third kappa shape index (κ3) is 3.66. The highest BCUT2D eigenvalue weighted by molar-refractivity contribution is 5.78. The fourth-order valence-corrected chi connectivity index (χ4v) is 1.41. The van der Waals surface area contributed by atoms with Gasteiger partial charge in [-0.25, -0.2) is 0 Å². The molecule has 0 saturated carbocycles. The van der Waals surface area contributed by atoms with Crippen molar-refractivity contribution in [1.29, 1.82) is 0 Å². The number of aromatic nitrogens is 2. The van der Waals surface area contributed by atoms with Crippen LogP contribution in [0.4, 0.5) is 0 Å². The van der Waals surface area contributed by atoms with Crippen LogP contribution in [0, 0.1) is 0 Å². The topological polar surface area (TPSA) is 81.0 Å². The molecule has 1 rings (SSSR count). The zero-order valence-corrected chi connectivity index (χ0v) is 9.99. The average molecular weight is 225 g/mol. The quantitative estimate of drug-likeness (QED) is 0.754. The van der Waals surface area contributed by atoms with Crippen molar-refractivity contribution in [2.75, 3.05) is 6.54 Å². The van der Waals surface area contributed by atoms with Crippen LogP contribution in [0.2, 0.25) is 0 Å². The summed E-state index contributed by atoms with van der Waals surface area (Å²) in [5.74, 6) is -0.581. The highest BCUT2D eigenvalue weighted by atomic mass is 16.6. The van der Waals surface area contributed by atoms with Crippen LogP contribution in [0.15, 0.2) is 12.4 Å². The van der Waals surface area contributed by atoms with Crippen LogP contribution in [-0.4, -0.2) is 28.3 Å². The fraction of sp³-hybridized carbons (Fsp3) is 0.636. The first-order valence-corrected chi connectivity index (χ1v) is 5.35. The molecule has 1 unspecified atom stereocenters. The molecule has 0 spiro atoms. The molecule has 1 aromatic heterocycles. The van der Waals surface area contributed by atoms with Crippen LogP contribution in [-0.2, 0) is 9.53 Å². The molecular formula is C11H19N3O2. The Labute approximate surface area is 95.4 Å². The Morgan fingerprint density at radius 3 is 2.75 bits per heavy atom. The van der Waals surface area contributed by atoms with E-state index in [4.69, 9.17) is 10.5 Å². The van der Waals surface area contributed by atoms with Crippen molar-refractivity contribution >= 4 is 5.97 Å². The number of carbonyl (C=O) groups excluding carboxylic acids is 1. The lowest BCUT2D eigenvalue weighted by Crippen LogP contribution is -2.28. The highest BCUT2D eigenvalue weighted by Crippen LogP contribution is 2.22. The highest BCUT2D eigenvalue weighted by Gasteiger charge is 2.26. The Bertz CT molecular complexity index is 327. The van der Waals surface area contributed by atoms with Crippen molar-refractivity contribution in [1.82, 2.24) is 10.2 Å². The normalized spacial score (nSPS) is 13.5. The Morgan fingerprint density at radius 1 is 1.62 bits per heavy atom. The van der Waals surface area contributed by atoms with Gasteiger partial charge in [0.15, 0.2) is 0 Å². The third-order valence-electron chi connectivity index (χ3n) is 2.07. The number of rotatable bonds is 4. The molecule has 0 bridgehead atoms. The minimum Gasteiger partial charge on any atom is -0.459 e. The Morgan fingerprint density at radius 2 is 2.31 bits per heavy atom. The SMILES string of the molecule is CC(C)(C)OC(=O)C(CCN)c1cn[nH]c1. The number of aromatic amines is 1. The number of hydrogen-bond donors (Lipinski definition) is 2. The maximum Gasteiger partial charge on any atom is 0.314 e. The van der Waals surface area contributed by atoms with Crippen LogP contribution >= 0.6 is 0 Å². The minimum atomic E-state index is -0.479. The summed E-state index contributed by atoms with van der Waals surface area (Å²) in [5.41, 5.74) is 5.84. The second kappa shape index (κ2) is 5.12. The molecule has 0 aliphatic rings. The first kappa shape index (κ1) is 12.7. The van der Waals surface area contributed by atoms with E-state index in [9.17, 15) is 4.79 Å². The number of carbonyl (C=O) groups is 1. The largest absolute Gasteiger partial charge is 0.459 e. The molecule has 0 amide bonds. The van der Waals surface area contributed by atoms with Gasteiger partial charge >= 0.3 is 5.97 Å². The van der Waals surface area contributed by atoms with Gasteiger partial charge in [-0.15, -0.1) is 0 Å². The van der Waals surface area contributed by atoms with E-state index >= 15 is 0 Å². The summed E-state index contributed by atoms with van der Waals surface area (Å²) in [4.78, 5) is 11.9. The number of H-pyrrole nitrogens is 1. The zero-order valence-electron chi connectivity index (χ0n) is 9.99. The summed E-state index contributed by atoms with van der Waals surface area (Å²) in [6.07, 6.45) is 3.89. The fourth-order valence-electron chi connectivity index (χ4n) is 1.41. The Hall–Kier alpha value is -1.36. The van der Waals surface area contributed by atoms with Crippen LogP contribution in [0.1, 0.15) is 38.7 Å². The van der Waals surface area contributed by atoms with E-state index in [2.05, 4.69) is 10.2 Å². The monoisotopic (exact) mass is 225 g/mol. The van der Waals surface area contributed by atoms with Gasteiger partial charge in [0.05, 0.1) is 12.1 Å². The van der Waals surface area contributed by atoms with Gasteiger partial charge in [-0.3, -0.25) is 9.89 Å². The molecule has 5 nitrogen and oxygen atoms in total. The Kier molecular flexibility index (Phi) is 4.06. The van der Waals surface area contributed by atoms with Crippen molar-refractivity contribution < 1.29 is 9.53 Å². The van der Waals surface area contributed by atoms with Crippen LogP contribution < -0.4 is 5.73 Å². The standard InChI is InChI=1S/C11H19N3O2/c1-11(2,3)16-10(15)9(4-5-12)8-6-13-14-7-8/h6-7,9H,4-5,12H2,1-3H3,(H,13,14). The van der Waals surface area contributed by atoms with Crippen molar-refractivity contribution in [2.45, 2.75) is 38.7 Å². The van der Waals surface area contributed by atoms with E-state index in [1.165, 1.54) is 0 Å². The summed E-state index contributed by atoms with van der Waals surface area (Å²) in [6, 6.07) is 0. The summed E-state index contributed by atoms with van der Waals surface area (Å²) < 4.78 is 5.34. The van der Waals surface area contributed by atoms with Gasteiger partial charge < -0.3 is 10.5 Å². The third-order valence-corrected chi connectivity index (χ3v) is 2.07. The van der Waals surface area contributed by atoms with E-state index in [0.29, 0.717) is 13.0 Å². The summed E-state index contributed by atoms with van der Waals surface area (Å²) >= 11 is 0. The molecule has 1 aromatic rings. The molecule has 16 heavy (non-hydrogen) atoms. The second-order valence-electron chi connectivity index (χ2n) is 4.70. The van der Waals surface area contributed by atoms with E-state index in [1.54, 1.807) is 12.4 Å². The van der Waals surface area contributed by atoms with Gasteiger partial charge in [-0.2, -0.15) is 5.10 Å². The van der Waals surface area contributed by atoms with Gasteiger partial charge in [0.2, 0.25) is 0 Å². The molecule has 0 aromatic carbocycles. The van der Waals surface area contributed by atoms with Gasteiger partial charge in [0.1, 0.15) is 5.60 Å². The first-order chi connectivity index (χ1) is 7.44. The lowest BCUT2D eigenvalue weighted by Gasteiger charge is -2.23. The smallest absolute Gasteiger partial charge is 0.314 e. The van der Waals surface area contributed by atoms with E-state index < -0.39 is 5.60 Å². The molecule has 5 heteroatoms. The number of nitrogens with two attached hydrogens (primary N) is 1. The van der Waals surface area contributed by atoms with Gasteiger partial charge in [0.25, 0.3) is 0 Å². The zero-order chi connectivity index (χ0) is 12.2. The molecule has 90 valence electrons.